The number of methoxy groups -OCH3 is 1. The molecule has 0 fully saturated rings. The smallest absolute Gasteiger partial charge is 0.186 e. The maximum Gasteiger partial charge on any atom is 0.186 e. The largest absolute Gasteiger partial charge is 0.496 e. The van der Waals surface area contributed by atoms with Gasteiger partial charge in [-0.3, -0.25) is 0 Å². The molecule has 20 heavy (non-hydrogen) atoms. The highest BCUT2D eigenvalue weighted by molar-refractivity contribution is 5.65. The summed E-state index contributed by atoms with van der Waals surface area (Å²) < 4.78 is 19.3. The van der Waals surface area contributed by atoms with Crippen molar-refractivity contribution in [3.63, 3.8) is 0 Å². The summed E-state index contributed by atoms with van der Waals surface area (Å²) in [4.78, 5) is 8.49. The van der Waals surface area contributed by atoms with Crippen molar-refractivity contribution in [3.05, 3.63) is 35.8 Å². The summed E-state index contributed by atoms with van der Waals surface area (Å²) >= 11 is 0. The van der Waals surface area contributed by atoms with Gasteiger partial charge in [0.2, 0.25) is 0 Å². The average Bonchev–Trinajstić information content (AvgIpc) is 2.48. The maximum absolute atomic E-state index is 14.0. The van der Waals surface area contributed by atoms with Crippen LogP contribution in [0.25, 0.3) is 11.4 Å². The SMILES string of the molecule is CCCNc1nc(-c2ccccc2OC)nc(C)c1F. The second-order valence-corrected chi connectivity index (χ2v) is 4.42. The van der Waals surface area contributed by atoms with E-state index in [1.165, 1.54) is 0 Å². The van der Waals surface area contributed by atoms with E-state index in [9.17, 15) is 4.39 Å². The lowest BCUT2D eigenvalue weighted by Gasteiger charge is -2.11. The van der Waals surface area contributed by atoms with E-state index >= 15 is 0 Å². The molecule has 106 valence electrons. The molecule has 2 rings (SSSR count). The molecule has 1 aromatic heterocycles. The Labute approximate surface area is 118 Å². The van der Waals surface area contributed by atoms with Gasteiger partial charge >= 0.3 is 0 Å². The van der Waals surface area contributed by atoms with Gasteiger partial charge in [-0.15, -0.1) is 0 Å². The first kappa shape index (κ1) is 14.2. The quantitative estimate of drug-likeness (QED) is 0.908. The lowest BCUT2D eigenvalue weighted by Crippen LogP contribution is -2.08. The molecule has 5 heteroatoms. The van der Waals surface area contributed by atoms with E-state index < -0.39 is 5.82 Å². The van der Waals surface area contributed by atoms with E-state index in [-0.39, 0.29) is 5.82 Å². The molecule has 1 N–H and O–H groups in total. The first-order chi connectivity index (χ1) is 9.67. The molecule has 4 nitrogen and oxygen atoms in total. The molecule has 0 bridgehead atoms. The third-order valence-corrected chi connectivity index (χ3v) is 2.91. The van der Waals surface area contributed by atoms with Crippen LogP contribution in [0.3, 0.4) is 0 Å². The van der Waals surface area contributed by atoms with Gasteiger partial charge in [-0.25, -0.2) is 14.4 Å². The number of rotatable bonds is 5. The third-order valence-electron chi connectivity index (χ3n) is 2.91. The van der Waals surface area contributed by atoms with Crippen molar-refractivity contribution in [2.24, 2.45) is 0 Å². The van der Waals surface area contributed by atoms with E-state index in [1.807, 2.05) is 31.2 Å². The van der Waals surface area contributed by atoms with Crippen LogP contribution in [0.15, 0.2) is 24.3 Å². The van der Waals surface area contributed by atoms with E-state index in [4.69, 9.17) is 4.74 Å². The minimum atomic E-state index is -0.405. The van der Waals surface area contributed by atoms with Gasteiger partial charge in [-0.05, 0) is 25.5 Å². The van der Waals surface area contributed by atoms with Gasteiger partial charge in [0.05, 0.1) is 18.4 Å². The molecule has 0 aliphatic carbocycles. The molecule has 0 aliphatic heterocycles. The normalized spacial score (nSPS) is 10.4. The fourth-order valence-corrected chi connectivity index (χ4v) is 1.87. The van der Waals surface area contributed by atoms with Gasteiger partial charge < -0.3 is 10.1 Å². The van der Waals surface area contributed by atoms with E-state index in [2.05, 4.69) is 15.3 Å². The zero-order valence-electron chi connectivity index (χ0n) is 11.9. The Morgan fingerprint density at radius 3 is 2.70 bits per heavy atom. The summed E-state index contributed by atoms with van der Waals surface area (Å²) in [6, 6.07) is 7.43. The molecule has 2 aromatic rings. The lowest BCUT2D eigenvalue weighted by molar-refractivity contribution is 0.416. The number of ether oxygens (including phenoxy) is 1. The molecule has 0 amide bonds. The van der Waals surface area contributed by atoms with E-state index in [0.717, 1.165) is 12.0 Å². The van der Waals surface area contributed by atoms with Gasteiger partial charge in [0.15, 0.2) is 17.5 Å². The van der Waals surface area contributed by atoms with Crippen LogP contribution in [0.2, 0.25) is 0 Å². The van der Waals surface area contributed by atoms with Crippen LogP contribution in [0, 0.1) is 12.7 Å². The van der Waals surface area contributed by atoms with Crippen molar-refractivity contribution in [1.82, 2.24) is 9.97 Å². The van der Waals surface area contributed by atoms with E-state index in [1.54, 1.807) is 14.0 Å². The van der Waals surface area contributed by atoms with Crippen molar-refractivity contribution in [1.29, 1.82) is 0 Å². The molecule has 0 spiro atoms. The van der Waals surface area contributed by atoms with Crippen molar-refractivity contribution in [2.45, 2.75) is 20.3 Å². The highest BCUT2D eigenvalue weighted by Crippen LogP contribution is 2.28. The van der Waals surface area contributed by atoms with Crippen LogP contribution < -0.4 is 10.1 Å². The number of anilines is 1. The number of hydrogen-bond acceptors (Lipinski definition) is 4. The summed E-state index contributed by atoms with van der Waals surface area (Å²) in [5.41, 5.74) is 1.07. The van der Waals surface area contributed by atoms with Crippen LogP contribution in [0.5, 0.6) is 5.75 Å². The van der Waals surface area contributed by atoms with Crippen LogP contribution in [-0.4, -0.2) is 23.6 Å². The molecule has 0 aliphatic rings. The van der Waals surface area contributed by atoms with Crippen LogP contribution in [0.4, 0.5) is 10.2 Å². The van der Waals surface area contributed by atoms with Crippen LogP contribution in [0.1, 0.15) is 19.0 Å². The lowest BCUT2D eigenvalue weighted by atomic mass is 10.2. The van der Waals surface area contributed by atoms with Gasteiger partial charge in [0.25, 0.3) is 0 Å². The maximum atomic E-state index is 14.0. The Balaban J connectivity index is 2.49. The Kier molecular flexibility index (Phi) is 4.50. The molecule has 0 saturated carbocycles. The van der Waals surface area contributed by atoms with Crippen molar-refractivity contribution in [3.8, 4) is 17.1 Å². The number of nitrogens with zero attached hydrogens (tertiary/aromatic N) is 2. The Morgan fingerprint density at radius 2 is 2.00 bits per heavy atom. The molecular weight excluding hydrogens is 257 g/mol. The van der Waals surface area contributed by atoms with Gasteiger partial charge in [-0.2, -0.15) is 0 Å². The second-order valence-electron chi connectivity index (χ2n) is 4.42. The summed E-state index contributed by atoms with van der Waals surface area (Å²) in [5.74, 6) is 0.956. The Bertz CT molecular complexity index is 602. The first-order valence-electron chi connectivity index (χ1n) is 6.58. The fraction of sp³-hybridized carbons (Fsp3) is 0.333. The van der Waals surface area contributed by atoms with Crippen molar-refractivity contribution < 1.29 is 9.13 Å². The third kappa shape index (κ3) is 2.87. The topological polar surface area (TPSA) is 47.0 Å². The molecule has 1 aromatic carbocycles. The number of halogens is 1. The molecule has 0 atom stereocenters. The standard InChI is InChI=1S/C15H18FN3O/c1-4-9-17-15-13(16)10(2)18-14(19-15)11-7-5-6-8-12(11)20-3/h5-8H,4,9H2,1-3H3,(H,17,18,19). The number of hydrogen-bond donors (Lipinski definition) is 1. The average molecular weight is 275 g/mol. The molecule has 0 unspecified atom stereocenters. The summed E-state index contributed by atoms with van der Waals surface area (Å²) in [7, 11) is 1.59. The van der Waals surface area contributed by atoms with Gasteiger partial charge in [0, 0.05) is 6.54 Å². The number of para-hydroxylation sites is 1. The molecule has 0 radical (unpaired) electrons. The molecular formula is C15H18FN3O. The minimum Gasteiger partial charge on any atom is -0.496 e. The summed E-state index contributed by atoms with van der Waals surface area (Å²) in [5, 5.41) is 2.98. The number of nitrogens with one attached hydrogen (secondary N) is 1. The Morgan fingerprint density at radius 1 is 1.25 bits per heavy atom. The highest BCUT2D eigenvalue weighted by Gasteiger charge is 2.14. The number of benzene rings is 1. The van der Waals surface area contributed by atoms with Crippen molar-refractivity contribution >= 4 is 5.82 Å². The van der Waals surface area contributed by atoms with Gasteiger partial charge in [0.1, 0.15) is 5.75 Å². The molecule has 0 saturated heterocycles. The molecule has 1 heterocycles. The highest BCUT2D eigenvalue weighted by atomic mass is 19.1. The second kappa shape index (κ2) is 6.32. The monoisotopic (exact) mass is 275 g/mol. The fourth-order valence-electron chi connectivity index (χ4n) is 1.87. The Hall–Kier alpha value is -2.17. The summed E-state index contributed by atoms with van der Waals surface area (Å²) in [6.45, 7) is 4.31. The van der Waals surface area contributed by atoms with Crippen LogP contribution in [-0.2, 0) is 0 Å². The number of aromatic nitrogens is 2. The van der Waals surface area contributed by atoms with Crippen molar-refractivity contribution in [2.75, 3.05) is 19.0 Å². The zero-order valence-corrected chi connectivity index (χ0v) is 11.9. The minimum absolute atomic E-state index is 0.236. The first-order valence-corrected chi connectivity index (χ1v) is 6.58. The van der Waals surface area contributed by atoms with E-state index in [0.29, 0.717) is 23.8 Å². The van der Waals surface area contributed by atoms with Crippen LogP contribution >= 0.6 is 0 Å². The predicted molar refractivity (Wildman–Crippen MR) is 77.5 cm³/mol. The zero-order chi connectivity index (χ0) is 14.5. The number of aryl methyl sites for hydroxylation is 1. The predicted octanol–water partition coefficient (Wildman–Crippen LogP) is 3.42. The summed E-state index contributed by atoms with van der Waals surface area (Å²) in [6.07, 6.45) is 0.895. The van der Waals surface area contributed by atoms with Gasteiger partial charge in [-0.1, -0.05) is 19.1 Å².